The Balaban J connectivity index is 1.76. The SMILES string of the molecule is Cc1ccc(C)c(Nc2ccnc(C(=O)N(C)Cc3ccccc3)c2)c1. The van der Waals surface area contributed by atoms with Crippen molar-refractivity contribution < 1.29 is 4.79 Å². The molecule has 0 unspecified atom stereocenters. The quantitative estimate of drug-likeness (QED) is 0.728. The van der Waals surface area contributed by atoms with Crippen LogP contribution in [-0.2, 0) is 6.54 Å². The summed E-state index contributed by atoms with van der Waals surface area (Å²) in [4.78, 5) is 18.6. The van der Waals surface area contributed by atoms with Gasteiger partial charge >= 0.3 is 0 Å². The van der Waals surface area contributed by atoms with E-state index in [4.69, 9.17) is 0 Å². The van der Waals surface area contributed by atoms with Crippen LogP contribution < -0.4 is 5.32 Å². The zero-order chi connectivity index (χ0) is 18.5. The molecule has 4 nitrogen and oxygen atoms in total. The Morgan fingerprint density at radius 3 is 2.58 bits per heavy atom. The normalized spacial score (nSPS) is 10.4. The Labute approximate surface area is 154 Å². The number of rotatable bonds is 5. The minimum atomic E-state index is -0.0986. The highest BCUT2D eigenvalue weighted by Gasteiger charge is 2.14. The van der Waals surface area contributed by atoms with Gasteiger partial charge in [-0.1, -0.05) is 42.5 Å². The van der Waals surface area contributed by atoms with Gasteiger partial charge in [-0.2, -0.15) is 0 Å². The van der Waals surface area contributed by atoms with Gasteiger partial charge < -0.3 is 10.2 Å². The van der Waals surface area contributed by atoms with Crippen LogP contribution in [0.2, 0.25) is 0 Å². The van der Waals surface area contributed by atoms with E-state index in [0.29, 0.717) is 12.2 Å². The lowest BCUT2D eigenvalue weighted by atomic mass is 10.1. The third kappa shape index (κ3) is 4.28. The molecule has 0 atom stereocenters. The molecule has 4 heteroatoms. The van der Waals surface area contributed by atoms with E-state index in [-0.39, 0.29) is 5.91 Å². The van der Waals surface area contributed by atoms with Gasteiger partial charge in [-0.25, -0.2) is 0 Å². The summed E-state index contributed by atoms with van der Waals surface area (Å²) < 4.78 is 0. The molecule has 0 fully saturated rings. The maximum absolute atomic E-state index is 12.7. The fourth-order valence-corrected chi connectivity index (χ4v) is 2.78. The number of anilines is 2. The van der Waals surface area contributed by atoms with Crippen molar-refractivity contribution in [2.75, 3.05) is 12.4 Å². The van der Waals surface area contributed by atoms with E-state index in [1.807, 2.05) is 36.4 Å². The van der Waals surface area contributed by atoms with E-state index < -0.39 is 0 Å². The van der Waals surface area contributed by atoms with Crippen molar-refractivity contribution in [2.45, 2.75) is 20.4 Å². The molecule has 1 amide bonds. The first kappa shape index (κ1) is 17.7. The fraction of sp³-hybridized carbons (Fsp3) is 0.182. The molecule has 3 aromatic rings. The van der Waals surface area contributed by atoms with Crippen LogP contribution >= 0.6 is 0 Å². The van der Waals surface area contributed by atoms with Gasteiger partial charge in [0.15, 0.2) is 0 Å². The van der Waals surface area contributed by atoms with Crippen molar-refractivity contribution in [3.8, 4) is 0 Å². The number of benzene rings is 2. The first-order valence-corrected chi connectivity index (χ1v) is 8.62. The summed E-state index contributed by atoms with van der Waals surface area (Å²) in [7, 11) is 1.79. The monoisotopic (exact) mass is 345 g/mol. The number of hydrogen-bond donors (Lipinski definition) is 1. The summed E-state index contributed by atoms with van der Waals surface area (Å²) in [6, 6.07) is 19.9. The number of nitrogens with zero attached hydrogens (tertiary/aromatic N) is 2. The number of amides is 1. The van der Waals surface area contributed by atoms with Gasteiger partial charge in [0, 0.05) is 31.2 Å². The standard InChI is InChI=1S/C22H23N3O/c1-16-9-10-17(2)20(13-16)24-19-11-12-23-21(14-19)22(26)25(3)15-18-7-5-4-6-8-18/h4-14H,15H2,1-3H3,(H,23,24). The molecule has 0 saturated carbocycles. The molecule has 1 N–H and O–H groups in total. The predicted molar refractivity (Wildman–Crippen MR) is 106 cm³/mol. The van der Waals surface area contributed by atoms with Crippen molar-refractivity contribution >= 4 is 17.3 Å². The highest BCUT2D eigenvalue weighted by molar-refractivity contribution is 5.93. The molecule has 0 aliphatic carbocycles. The predicted octanol–water partition coefficient (Wildman–Crippen LogP) is 4.71. The molecule has 0 bridgehead atoms. The van der Waals surface area contributed by atoms with E-state index in [2.05, 4.69) is 42.3 Å². The van der Waals surface area contributed by atoms with Crippen LogP contribution in [0.4, 0.5) is 11.4 Å². The summed E-state index contributed by atoms with van der Waals surface area (Å²) in [6.07, 6.45) is 1.66. The van der Waals surface area contributed by atoms with E-state index >= 15 is 0 Å². The Morgan fingerprint density at radius 2 is 1.81 bits per heavy atom. The van der Waals surface area contributed by atoms with Crippen LogP contribution in [0, 0.1) is 13.8 Å². The number of pyridine rings is 1. The van der Waals surface area contributed by atoms with Crippen molar-refractivity contribution in [1.29, 1.82) is 0 Å². The van der Waals surface area contributed by atoms with Crippen LogP contribution in [0.15, 0.2) is 66.9 Å². The van der Waals surface area contributed by atoms with E-state index in [9.17, 15) is 4.79 Å². The molecule has 0 radical (unpaired) electrons. The molecule has 26 heavy (non-hydrogen) atoms. The molecule has 2 aromatic carbocycles. The van der Waals surface area contributed by atoms with Gasteiger partial charge in [-0.15, -0.1) is 0 Å². The summed E-state index contributed by atoms with van der Waals surface area (Å²) in [5.74, 6) is -0.0986. The van der Waals surface area contributed by atoms with E-state index in [0.717, 1.165) is 22.5 Å². The molecule has 1 heterocycles. The average Bonchev–Trinajstić information content (AvgIpc) is 2.65. The summed E-state index contributed by atoms with van der Waals surface area (Å²) in [6.45, 7) is 4.67. The van der Waals surface area contributed by atoms with Crippen molar-refractivity contribution in [3.05, 3.63) is 89.2 Å². The van der Waals surface area contributed by atoms with Crippen molar-refractivity contribution in [2.24, 2.45) is 0 Å². The topological polar surface area (TPSA) is 45.2 Å². The molecule has 132 valence electrons. The third-order valence-corrected chi connectivity index (χ3v) is 4.26. The number of carbonyl (C=O) groups is 1. The highest BCUT2D eigenvalue weighted by atomic mass is 16.2. The third-order valence-electron chi connectivity index (χ3n) is 4.26. The Morgan fingerprint density at radius 1 is 1.04 bits per heavy atom. The van der Waals surface area contributed by atoms with Gasteiger partial charge in [-0.05, 0) is 48.7 Å². The molecular weight excluding hydrogens is 322 g/mol. The Hall–Kier alpha value is -3.14. The van der Waals surface area contributed by atoms with Gasteiger partial charge in [-0.3, -0.25) is 9.78 Å². The smallest absolute Gasteiger partial charge is 0.272 e. The summed E-state index contributed by atoms with van der Waals surface area (Å²) >= 11 is 0. The first-order chi connectivity index (χ1) is 12.5. The first-order valence-electron chi connectivity index (χ1n) is 8.62. The zero-order valence-electron chi connectivity index (χ0n) is 15.4. The zero-order valence-corrected chi connectivity index (χ0v) is 15.4. The lowest BCUT2D eigenvalue weighted by Crippen LogP contribution is -2.27. The van der Waals surface area contributed by atoms with Crippen LogP contribution in [-0.4, -0.2) is 22.8 Å². The van der Waals surface area contributed by atoms with Gasteiger partial charge in [0.25, 0.3) is 5.91 Å². The summed E-state index contributed by atoms with van der Waals surface area (Å²) in [5, 5.41) is 3.39. The molecule has 0 saturated heterocycles. The second-order valence-electron chi connectivity index (χ2n) is 6.52. The molecular formula is C22H23N3O. The highest BCUT2D eigenvalue weighted by Crippen LogP contribution is 2.22. The van der Waals surface area contributed by atoms with E-state index in [1.165, 1.54) is 5.56 Å². The minimum absolute atomic E-state index is 0.0986. The largest absolute Gasteiger partial charge is 0.355 e. The number of aromatic nitrogens is 1. The maximum Gasteiger partial charge on any atom is 0.272 e. The van der Waals surface area contributed by atoms with Gasteiger partial charge in [0.05, 0.1) is 0 Å². The van der Waals surface area contributed by atoms with Gasteiger partial charge in [0.2, 0.25) is 0 Å². The molecule has 0 aliphatic heterocycles. The second-order valence-corrected chi connectivity index (χ2v) is 6.52. The van der Waals surface area contributed by atoms with Crippen LogP contribution in [0.25, 0.3) is 0 Å². The van der Waals surface area contributed by atoms with Gasteiger partial charge in [0.1, 0.15) is 5.69 Å². The number of hydrogen-bond acceptors (Lipinski definition) is 3. The van der Waals surface area contributed by atoms with Crippen LogP contribution in [0.5, 0.6) is 0 Å². The minimum Gasteiger partial charge on any atom is -0.355 e. The van der Waals surface area contributed by atoms with E-state index in [1.54, 1.807) is 24.2 Å². The summed E-state index contributed by atoms with van der Waals surface area (Å²) in [5.41, 5.74) is 5.75. The van der Waals surface area contributed by atoms with Crippen LogP contribution in [0.1, 0.15) is 27.2 Å². The molecule has 1 aromatic heterocycles. The van der Waals surface area contributed by atoms with Crippen LogP contribution in [0.3, 0.4) is 0 Å². The average molecular weight is 345 g/mol. The number of nitrogens with one attached hydrogen (secondary N) is 1. The van der Waals surface area contributed by atoms with Crippen molar-refractivity contribution in [1.82, 2.24) is 9.88 Å². The Kier molecular flexibility index (Phi) is 5.32. The lowest BCUT2D eigenvalue weighted by molar-refractivity contribution is 0.0779. The fourth-order valence-electron chi connectivity index (χ4n) is 2.78. The maximum atomic E-state index is 12.7. The van der Waals surface area contributed by atoms with Crippen molar-refractivity contribution in [3.63, 3.8) is 0 Å². The molecule has 0 aliphatic rings. The lowest BCUT2D eigenvalue weighted by Gasteiger charge is -2.17. The number of carbonyl (C=O) groups excluding carboxylic acids is 1. The molecule has 0 spiro atoms. The number of aryl methyl sites for hydroxylation is 2. The second kappa shape index (κ2) is 7.83. The molecule has 3 rings (SSSR count). The Bertz CT molecular complexity index is 906.